The lowest BCUT2D eigenvalue weighted by atomic mass is 9.84. The zero-order valence-electron chi connectivity index (χ0n) is 10.5. The van der Waals surface area contributed by atoms with Crippen LogP contribution in [0.1, 0.15) is 25.8 Å². The number of nitrogen functional groups attached to an aromatic ring is 1. The third-order valence-electron chi connectivity index (χ3n) is 2.90. The maximum Gasteiger partial charge on any atom is 0.146 e. The van der Waals surface area contributed by atoms with E-state index in [-0.39, 0.29) is 23.0 Å². The average Bonchev–Trinajstić information content (AvgIpc) is 2.23. The van der Waals surface area contributed by atoms with Crippen LogP contribution in [0, 0.1) is 11.2 Å². The van der Waals surface area contributed by atoms with Gasteiger partial charge in [-0.05, 0) is 36.0 Å². The van der Waals surface area contributed by atoms with Crippen molar-refractivity contribution in [2.24, 2.45) is 11.1 Å². The number of hydrogen-bond acceptors (Lipinski definition) is 2. The summed E-state index contributed by atoms with van der Waals surface area (Å²) in [5, 5.41) is 0. The minimum Gasteiger partial charge on any atom is -0.396 e. The van der Waals surface area contributed by atoms with Crippen molar-refractivity contribution in [3.05, 3.63) is 42.2 Å². The van der Waals surface area contributed by atoms with Crippen molar-refractivity contribution in [1.82, 2.24) is 0 Å². The first-order chi connectivity index (χ1) is 7.84. The van der Waals surface area contributed by atoms with Crippen molar-refractivity contribution in [1.29, 1.82) is 0 Å². The molecule has 3 heteroatoms. The lowest BCUT2D eigenvalue weighted by Gasteiger charge is -2.24. The van der Waals surface area contributed by atoms with Crippen LogP contribution >= 0.6 is 0 Å². The van der Waals surface area contributed by atoms with E-state index in [2.05, 4.69) is 20.4 Å². The number of benzene rings is 1. The maximum absolute atomic E-state index is 13.3. The molecule has 4 N–H and O–H groups in total. The third-order valence-corrected chi connectivity index (χ3v) is 2.90. The summed E-state index contributed by atoms with van der Waals surface area (Å²) in [5.41, 5.74) is 12.5. The number of halogens is 1. The smallest absolute Gasteiger partial charge is 0.146 e. The third kappa shape index (κ3) is 4.19. The van der Waals surface area contributed by atoms with Crippen LogP contribution in [-0.4, -0.2) is 6.04 Å². The molecule has 0 fully saturated rings. The molecule has 1 aromatic carbocycles. The fraction of sp³-hybridized carbons (Fsp3) is 0.429. The molecule has 0 aliphatic carbocycles. The van der Waals surface area contributed by atoms with Gasteiger partial charge in [0.1, 0.15) is 5.82 Å². The van der Waals surface area contributed by atoms with Crippen molar-refractivity contribution in [3.63, 3.8) is 0 Å². The second-order valence-corrected chi connectivity index (χ2v) is 5.22. The fourth-order valence-corrected chi connectivity index (χ4v) is 1.83. The molecular weight excluding hydrogens is 215 g/mol. The Kier molecular flexibility index (Phi) is 4.29. The molecule has 0 aliphatic rings. The van der Waals surface area contributed by atoms with E-state index in [1.54, 1.807) is 6.07 Å². The number of anilines is 1. The van der Waals surface area contributed by atoms with Gasteiger partial charge < -0.3 is 11.5 Å². The summed E-state index contributed by atoms with van der Waals surface area (Å²) < 4.78 is 13.3. The molecule has 1 rings (SSSR count). The lowest BCUT2D eigenvalue weighted by molar-refractivity contribution is 0.387. The monoisotopic (exact) mass is 236 g/mol. The molecule has 0 heterocycles. The molecular formula is C14H21FN2. The zero-order chi connectivity index (χ0) is 13.1. The first-order valence-corrected chi connectivity index (χ1v) is 5.77. The Morgan fingerprint density at radius 3 is 2.65 bits per heavy atom. The SMILES string of the molecule is C=CC(C)(C)C[C@@H](N)Cc1ccc(N)c(F)c1. The van der Waals surface area contributed by atoms with E-state index >= 15 is 0 Å². The Morgan fingerprint density at radius 1 is 1.47 bits per heavy atom. The Bertz CT molecular complexity index is 399. The molecule has 0 saturated heterocycles. The molecule has 1 atom stereocenters. The fourth-order valence-electron chi connectivity index (χ4n) is 1.83. The van der Waals surface area contributed by atoms with Crippen LogP contribution in [0.15, 0.2) is 30.9 Å². The van der Waals surface area contributed by atoms with Gasteiger partial charge in [0, 0.05) is 6.04 Å². The lowest BCUT2D eigenvalue weighted by Crippen LogP contribution is -2.28. The average molecular weight is 236 g/mol. The van der Waals surface area contributed by atoms with Gasteiger partial charge in [0.05, 0.1) is 5.69 Å². The molecule has 0 radical (unpaired) electrons. The summed E-state index contributed by atoms with van der Waals surface area (Å²) in [4.78, 5) is 0. The molecule has 0 aliphatic heterocycles. The molecule has 0 unspecified atom stereocenters. The van der Waals surface area contributed by atoms with Gasteiger partial charge in [0.25, 0.3) is 0 Å². The van der Waals surface area contributed by atoms with Crippen LogP contribution < -0.4 is 11.5 Å². The van der Waals surface area contributed by atoms with Gasteiger partial charge in [-0.1, -0.05) is 26.0 Å². The van der Waals surface area contributed by atoms with Gasteiger partial charge in [-0.2, -0.15) is 0 Å². The minimum absolute atomic E-state index is 0.00572. The van der Waals surface area contributed by atoms with Crippen molar-refractivity contribution < 1.29 is 4.39 Å². The molecule has 0 amide bonds. The van der Waals surface area contributed by atoms with Crippen LogP contribution in [-0.2, 0) is 6.42 Å². The first-order valence-electron chi connectivity index (χ1n) is 5.77. The molecule has 94 valence electrons. The van der Waals surface area contributed by atoms with Crippen molar-refractivity contribution in [2.75, 3.05) is 5.73 Å². The minimum atomic E-state index is -0.377. The summed E-state index contributed by atoms with van der Waals surface area (Å²) in [7, 11) is 0. The van der Waals surface area contributed by atoms with E-state index in [1.807, 2.05) is 12.1 Å². The van der Waals surface area contributed by atoms with Crippen molar-refractivity contribution >= 4 is 5.69 Å². The molecule has 17 heavy (non-hydrogen) atoms. The molecule has 0 spiro atoms. The summed E-state index contributed by atoms with van der Waals surface area (Å²) >= 11 is 0. The van der Waals surface area contributed by atoms with Gasteiger partial charge in [0.15, 0.2) is 0 Å². The number of nitrogens with two attached hydrogens (primary N) is 2. The number of allylic oxidation sites excluding steroid dienone is 1. The maximum atomic E-state index is 13.3. The molecule has 0 saturated carbocycles. The molecule has 0 aromatic heterocycles. The topological polar surface area (TPSA) is 52.0 Å². The molecule has 0 bridgehead atoms. The van der Waals surface area contributed by atoms with E-state index in [0.717, 1.165) is 12.0 Å². The highest BCUT2D eigenvalue weighted by Gasteiger charge is 2.18. The van der Waals surface area contributed by atoms with Crippen LogP contribution in [0.4, 0.5) is 10.1 Å². The van der Waals surface area contributed by atoms with E-state index in [0.29, 0.717) is 6.42 Å². The van der Waals surface area contributed by atoms with E-state index < -0.39 is 0 Å². The Hall–Kier alpha value is -1.35. The Balaban J connectivity index is 2.65. The second kappa shape index (κ2) is 5.32. The van der Waals surface area contributed by atoms with Gasteiger partial charge in [-0.3, -0.25) is 0 Å². The summed E-state index contributed by atoms with van der Waals surface area (Å²) in [6.07, 6.45) is 3.37. The number of rotatable bonds is 5. The largest absolute Gasteiger partial charge is 0.396 e. The first kappa shape index (κ1) is 13.7. The normalized spacial score (nSPS) is 13.4. The summed E-state index contributed by atoms with van der Waals surface area (Å²) in [6, 6.07) is 4.84. The van der Waals surface area contributed by atoms with Crippen molar-refractivity contribution in [2.45, 2.75) is 32.7 Å². The van der Waals surface area contributed by atoms with Crippen LogP contribution in [0.25, 0.3) is 0 Å². The van der Waals surface area contributed by atoms with Gasteiger partial charge in [0.2, 0.25) is 0 Å². The van der Waals surface area contributed by atoms with E-state index in [9.17, 15) is 4.39 Å². The predicted octanol–water partition coefficient (Wildman–Crippen LogP) is 2.88. The van der Waals surface area contributed by atoms with Crippen LogP contribution in [0.5, 0.6) is 0 Å². The number of hydrogen-bond donors (Lipinski definition) is 2. The molecule has 2 nitrogen and oxygen atoms in total. The highest BCUT2D eigenvalue weighted by atomic mass is 19.1. The highest BCUT2D eigenvalue weighted by molar-refractivity contribution is 5.41. The van der Waals surface area contributed by atoms with Crippen LogP contribution in [0.3, 0.4) is 0 Å². The zero-order valence-corrected chi connectivity index (χ0v) is 10.5. The Morgan fingerprint density at radius 2 is 2.12 bits per heavy atom. The van der Waals surface area contributed by atoms with Crippen LogP contribution in [0.2, 0.25) is 0 Å². The van der Waals surface area contributed by atoms with Crippen molar-refractivity contribution in [3.8, 4) is 0 Å². The molecule has 1 aromatic rings. The standard InChI is InChI=1S/C14H21FN2/c1-4-14(2,3)9-11(16)7-10-5-6-13(17)12(15)8-10/h4-6,8,11H,1,7,9,16-17H2,2-3H3/t11-/m0/s1. The summed E-state index contributed by atoms with van der Waals surface area (Å²) in [6.45, 7) is 7.96. The summed E-state index contributed by atoms with van der Waals surface area (Å²) in [5.74, 6) is -0.377. The van der Waals surface area contributed by atoms with Gasteiger partial charge in [-0.15, -0.1) is 6.58 Å². The predicted molar refractivity (Wildman–Crippen MR) is 71.1 cm³/mol. The van der Waals surface area contributed by atoms with E-state index in [4.69, 9.17) is 11.5 Å². The quantitative estimate of drug-likeness (QED) is 0.610. The van der Waals surface area contributed by atoms with E-state index in [1.165, 1.54) is 6.07 Å². The van der Waals surface area contributed by atoms with Gasteiger partial charge in [-0.25, -0.2) is 4.39 Å². The second-order valence-electron chi connectivity index (χ2n) is 5.22. The highest BCUT2D eigenvalue weighted by Crippen LogP contribution is 2.24. The van der Waals surface area contributed by atoms with Gasteiger partial charge >= 0.3 is 0 Å². The Labute approximate surface area is 103 Å².